The number of rotatable bonds is 6. The molecule has 0 aliphatic carbocycles. The van der Waals surface area contributed by atoms with E-state index in [-0.39, 0.29) is 28.9 Å². The summed E-state index contributed by atoms with van der Waals surface area (Å²) in [4.78, 5) is 27.8. The van der Waals surface area contributed by atoms with E-state index in [4.69, 9.17) is 0 Å². The summed E-state index contributed by atoms with van der Waals surface area (Å²) in [6.07, 6.45) is 4.25. The van der Waals surface area contributed by atoms with Gasteiger partial charge in [0.15, 0.2) is 0 Å². The number of nitrogens with zero attached hydrogens (tertiary/aromatic N) is 2. The van der Waals surface area contributed by atoms with Crippen LogP contribution in [0.2, 0.25) is 0 Å². The monoisotopic (exact) mass is 499 g/mol. The van der Waals surface area contributed by atoms with Crippen molar-refractivity contribution in [2.45, 2.75) is 43.9 Å². The lowest BCUT2D eigenvalue weighted by molar-refractivity contribution is 0.0650. The van der Waals surface area contributed by atoms with Crippen molar-refractivity contribution in [3.63, 3.8) is 0 Å². The van der Waals surface area contributed by atoms with Crippen LogP contribution in [0.4, 0.5) is 5.69 Å². The fourth-order valence-corrected chi connectivity index (χ4v) is 6.47. The third-order valence-corrected chi connectivity index (χ3v) is 8.95. The number of hydrogen-bond acceptors (Lipinski definition) is 5. The standard InChI is InChI=1S/C26H33N3O5S/c1-19-8-9-21(17-24(19)35(33,34)29-12-3-2-4-13-29)25(31)27-23-7-5-6-22(16-23)26(32)28-14-10-20(18-30)11-15-28/h5-9,16-17,20,30H,2-4,10-15,18H2,1H3,(H,27,31). The summed E-state index contributed by atoms with van der Waals surface area (Å²) in [6, 6.07) is 11.5. The molecule has 2 amide bonds. The Morgan fingerprint density at radius 3 is 2.37 bits per heavy atom. The highest BCUT2D eigenvalue weighted by Gasteiger charge is 2.28. The lowest BCUT2D eigenvalue weighted by Gasteiger charge is -2.31. The minimum absolute atomic E-state index is 0.109. The molecule has 8 nitrogen and oxygen atoms in total. The number of sulfonamides is 1. The molecule has 0 unspecified atom stereocenters. The Kier molecular flexibility index (Phi) is 7.88. The van der Waals surface area contributed by atoms with Crippen LogP contribution >= 0.6 is 0 Å². The molecule has 2 aliphatic rings. The molecule has 2 aromatic carbocycles. The first-order valence-corrected chi connectivity index (χ1v) is 13.7. The minimum atomic E-state index is -3.67. The number of carbonyl (C=O) groups is 2. The van der Waals surface area contributed by atoms with Crippen LogP contribution < -0.4 is 5.32 Å². The molecule has 0 saturated carbocycles. The van der Waals surface area contributed by atoms with Gasteiger partial charge in [-0.05, 0) is 74.4 Å². The Bertz CT molecular complexity index is 1180. The Hall–Kier alpha value is -2.75. The largest absolute Gasteiger partial charge is 0.396 e. The molecule has 9 heteroatoms. The SMILES string of the molecule is Cc1ccc(C(=O)Nc2cccc(C(=O)N3CCC(CO)CC3)c2)cc1S(=O)(=O)N1CCCCC1. The summed E-state index contributed by atoms with van der Waals surface area (Å²) in [6.45, 7) is 4.06. The molecule has 0 bridgehead atoms. The maximum atomic E-state index is 13.2. The summed E-state index contributed by atoms with van der Waals surface area (Å²) in [5.74, 6) is -0.306. The molecule has 2 saturated heterocycles. The molecule has 4 rings (SSSR count). The van der Waals surface area contributed by atoms with Gasteiger partial charge < -0.3 is 15.3 Å². The average Bonchev–Trinajstić information content (AvgIpc) is 2.89. The van der Waals surface area contributed by atoms with Crippen LogP contribution in [0, 0.1) is 12.8 Å². The van der Waals surface area contributed by atoms with Crippen molar-refractivity contribution in [1.29, 1.82) is 0 Å². The van der Waals surface area contributed by atoms with Gasteiger partial charge in [-0.15, -0.1) is 0 Å². The van der Waals surface area contributed by atoms with E-state index in [1.807, 2.05) is 0 Å². The predicted octanol–water partition coefficient (Wildman–Crippen LogP) is 3.27. The topological polar surface area (TPSA) is 107 Å². The van der Waals surface area contributed by atoms with Gasteiger partial charge in [0.05, 0.1) is 4.90 Å². The molecule has 2 aromatic rings. The molecule has 2 fully saturated rings. The zero-order valence-corrected chi connectivity index (χ0v) is 20.9. The van der Waals surface area contributed by atoms with Gasteiger partial charge in [0, 0.05) is 49.6 Å². The maximum Gasteiger partial charge on any atom is 0.255 e. The van der Waals surface area contributed by atoms with Crippen LogP contribution in [0.3, 0.4) is 0 Å². The highest BCUT2D eigenvalue weighted by Crippen LogP contribution is 2.25. The van der Waals surface area contributed by atoms with Gasteiger partial charge in [0.2, 0.25) is 10.0 Å². The van der Waals surface area contributed by atoms with Crippen LogP contribution in [0.25, 0.3) is 0 Å². The van der Waals surface area contributed by atoms with E-state index in [9.17, 15) is 23.1 Å². The number of aryl methyl sites for hydroxylation is 1. The third kappa shape index (κ3) is 5.74. The molecule has 0 radical (unpaired) electrons. The van der Waals surface area contributed by atoms with Gasteiger partial charge in [-0.2, -0.15) is 4.31 Å². The number of nitrogens with one attached hydrogen (secondary N) is 1. The van der Waals surface area contributed by atoms with Crippen molar-refractivity contribution in [3.8, 4) is 0 Å². The van der Waals surface area contributed by atoms with Crippen molar-refractivity contribution in [3.05, 3.63) is 59.2 Å². The number of piperidine rings is 2. The van der Waals surface area contributed by atoms with E-state index in [1.165, 1.54) is 10.4 Å². The Morgan fingerprint density at radius 1 is 0.971 bits per heavy atom. The molecular formula is C26H33N3O5S. The normalized spacial score (nSPS) is 17.8. The molecule has 0 spiro atoms. The number of aliphatic hydroxyl groups excluding tert-OH is 1. The van der Waals surface area contributed by atoms with Crippen LogP contribution in [0.15, 0.2) is 47.4 Å². The first-order valence-electron chi connectivity index (χ1n) is 12.2. The quantitative estimate of drug-likeness (QED) is 0.634. The van der Waals surface area contributed by atoms with E-state index in [1.54, 1.807) is 48.2 Å². The van der Waals surface area contributed by atoms with E-state index in [2.05, 4.69) is 5.32 Å². The fraction of sp³-hybridized carbons (Fsp3) is 0.462. The van der Waals surface area contributed by atoms with Gasteiger partial charge >= 0.3 is 0 Å². The lowest BCUT2D eigenvalue weighted by Crippen LogP contribution is -2.39. The van der Waals surface area contributed by atoms with E-state index < -0.39 is 15.9 Å². The molecule has 2 N–H and O–H groups in total. The smallest absolute Gasteiger partial charge is 0.255 e. The second kappa shape index (κ2) is 10.9. The first-order chi connectivity index (χ1) is 16.8. The van der Waals surface area contributed by atoms with E-state index >= 15 is 0 Å². The average molecular weight is 500 g/mol. The third-order valence-electron chi connectivity index (χ3n) is 6.91. The lowest BCUT2D eigenvalue weighted by atomic mass is 9.97. The summed E-state index contributed by atoms with van der Waals surface area (Å²) >= 11 is 0. The highest BCUT2D eigenvalue weighted by molar-refractivity contribution is 7.89. The van der Waals surface area contributed by atoms with Crippen molar-refractivity contribution >= 4 is 27.5 Å². The van der Waals surface area contributed by atoms with Gasteiger partial charge in [0.1, 0.15) is 0 Å². The number of likely N-dealkylation sites (tertiary alicyclic amines) is 1. The van der Waals surface area contributed by atoms with Crippen molar-refractivity contribution in [2.24, 2.45) is 5.92 Å². The van der Waals surface area contributed by atoms with Crippen molar-refractivity contribution in [2.75, 3.05) is 38.1 Å². The van der Waals surface area contributed by atoms with E-state index in [0.717, 1.165) is 32.1 Å². The summed E-state index contributed by atoms with van der Waals surface area (Å²) in [5.41, 5.74) is 1.79. The number of amides is 2. The number of hydrogen-bond donors (Lipinski definition) is 2. The zero-order chi connectivity index (χ0) is 25.0. The Morgan fingerprint density at radius 2 is 1.69 bits per heavy atom. The first kappa shape index (κ1) is 25.3. The van der Waals surface area contributed by atoms with E-state index in [0.29, 0.717) is 43.0 Å². The van der Waals surface area contributed by atoms with Gasteiger partial charge in [-0.1, -0.05) is 18.6 Å². The summed E-state index contributed by atoms with van der Waals surface area (Å²) in [5, 5.41) is 12.1. The number of benzene rings is 2. The molecule has 0 atom stereocenters. The molecule has 2 aliphatic heterocycles. The second-order valence-electron chi connectivity index (χ2n) is 9.40. The minimum Gasteiger partial charge on any atom is -0.396 e. The number of carbonyl (C=O) groups excluding carboxylic acids is 2. The molecule has 0 aromatic heterocycles. The number of anilines is 1. The van der Waals surface area contributed by atoms with Gasteiger partial charge in [-0.25, -0.2) is 8.42 Å². The molecular weight excluding hydrogens is 466 g/mol. The molecule has 188 valence electrons. The second-order valence-corrected chi connectivity index (χ2v) is 11.3. The van der Waals surface area contributed by atoms with Crippen molar-refractivity contribution < 1.29 is 23.1 Å². The zero-order valence-electron chi connectivity index (χ0n) is 20.1. The summed E-state index contributed by atoms with van der Waals surface area (Å²) in [7, 11) is -3.67. The number of aliphatic hydroxyl groups is 1. The Labute approximate surface area is 207 Å². The predicted molar refractivity (Wildman–Crippen MR) is 134 cm³/mol. The fourth-order valence-electron chi connectivity index (χ4n) is 4.70. The van der Waals surface area contributed by atoms with Crippen LogP contribution in [-0.2, 0) is 10.0 Å². The molecule has 35 heavy (non-hydrogen) atoms. The van der Waals surface area contributed by atoms with Crippen LogP contribution in [0.1, 0.15) is 58.4 Å². The van der Waals surface area contributed by atoms with Gasteiger partial charge in [0.25, 0.3) is 11.8 Å². The van der Waals surface area contributed by atoms with Crippen LogP contribution in [0.5, 0.6) is 0 Å². The maximum absolute atomic E-state index is 13.2. The highest BCUT2D eigenvalue weighted by atomic mass is 32.2. The summed E-state index contributed by atoms with van der Waals surface area (Å²) < 4.78 is 27.9. The Balaban J connectivity index is 1.48. The van der Waals surface area contributed by atoms with Crippen LogP contribution in [-0.4, -0.2) is 67.3 Å². The van der Waals surface area contributed by atoms with Crippen molar-refractivity contribution in [1.82, 2.24) is 9.21 Å². The molecule has 2 heterocycles. The van der Waals surface area contributed by atoms with Gasteiger partial charge in [-0.3, -0.25) is 9.59 Å².